The summed E-state index contributed by atoms with van der Waals surface area (Å²) < 4.78 is 1.35. The normalized spacial score (nSPS) is 11.6. The molecule has 1 N–H and O–H groups in total. The van der Waals surface area contributed by atoms with Gasteiger partial charge >= 0.3 is 0 Å². The summed E-state index contributed by atoms with van der Waals surface area (Å²) in [4.78, 5) is 31.0. The molecular formula is C18H26N4O2. The first-order valence-electron chi connectivity index (χ1n) is 8.36. The van der Waals surface area contributed by atoms with Gasteiger partial charge in [-0.15, -0.1) is 0 Å². The first-order valence-corrected chi connectivity index (χ1v) is 8.36. The summed E-state index contributed by atoms with van der Waals surface area (Å²) in [5.41, 5.74) is 0.449. The van der Waals surface area contributed by atoms with Crippen LogP contribution in [0.3, 0.4) is 0 Å². The number of carbonyl (C=O) groups is 1. The van der Waals surface area contributed by atoms with Crippen molar-refractivity contribution in [1.82, 2.24) is 19.8 Å². The quantitative estimate of drug-likeness (QED) is 0.838. The SMILES string of the molecule is CC(C)N(CCNC(=O)Cn1cnc2ccccc2c1=O)C(C)C. The second kappa shape index (κ2) is 8.06. The fourth-order valence-electron chi connectivity index (χ4n) is 2.87. The first kappa shape index (κ1) is 18.1. The molecule has 0 saturated carbocycles. The number of carbonyl (C=O) groups excluding carboxylic acids is 1. The van der Waals surface area contributed by atoms with Gasteiger partial charge in [-0.1, -0.05) is 12.1 Å². The van der Waals surface area contributed by atoms with E-state index in [4.69, 9.17) is 0 Å². The maximum absolute atomic E-state index is 12.4. The van der Waals surface area contributed by atoms with Gasteiger partial charge in [0, 0.05) is 25.2 Å². The average Bonchev–Trinajstić information content (AvgIpc) is 2.53. The van der Waals surface area contributed by atoms with Crippen molar-refractivity contribution >= 4 is 16.8 Å². The van der Waals surface area contributed by atoms with Crippen molar-refractivity contribution < 1.29 is 4.79 Å². The van der Waals surface area contributed by atoms with E-state index in [0.29, 0.717) is 29.5 Å². The van der Waals surface area contributed by atoms with Crippen molar-refractivity contribution in [2.45, 2.75) is 46.3 Å². The van der Waals surface area contributed by atoms with Gasteiger partial charge in [0.2, 0.25) is 5.91 Å². The van der Waals surface area contributed by atoms with Crippen LogP contribution in [-0.2, 0) is 11.3 Å². The molecule has 1 heterocycles. The lowest BCUT2D eigenvalue weighted by atomic mass is 10.2. The minimum Gasteiger partial charge on any atom is -0.353 e. The van der Waals surface area contributed by atoms with Crippen LogP contribution in [-0.4, -0.2) is 45.5 Å². The van der Waals surface area contributed by atoms with Crippen molar-refractivity contribution in [3.8, 4) is 0 Å². The van der Waals surface area contributed by atoms with Gasteiger partial charge in [0.1, 0.15) is 6.54 Å². The topological polar surface area (TPSA) is 67.2 Å². The standard InChI is InChI=1S/C18H26N4O2/c1-13(2)22(14(3)4)10-9-19-17(23)11-21-12-20-16-8-6-5-7-15(16)18(21)24/h5-8,12-14H,9-11H2,1-4H3,(H,19,23). The van der Waals surface area contributed by atoms with Crippen LogP contribution in [0.25, 0.3) is 10.9 Å². The molecule has 1 amide bonds. The summed E-state index contributed by atoms with van der Waals surface area (Å²) in [7, 11) is 0. The van der Waals surface area contributed by atoms with Crippen molar-refractivity contribution in [1.29, 1.82) is 0 Å². The van der Waals surface area contributed by atoms with Gasteiger partial charge < -0.3 is 5.32 Å². The van der Waals surface area contributed by atoms with E-state index in [9.17, 15) is 9.59 Å². The summed E-state index contributed by atoms with van der Waals surface area (Å²) in [6.45, 7) is 9.89. The molecule has 24 heavy (non-hydrogen) atoms. The van der Waals surface area contributed by atoms with E-state index in [1.54, 1.807) is 18.2 Å². The largest absolute Gasteiger partial charge is 0.353 e. The fraction of sp³-hybridized carbons (Fsp3) is 0.500. The highest BCUT2D eigenvalue weighted by Crippen LogP contribution is 2.05. The van der Waals surface area contributed by atoms with Crippen molar-refractivity contribution in [3.05, 3.63) is 40.9 Å². The van der Waals surface area contributed by atoms with Gasteiger partial charge in [-0.3, -0.25) is 19.1 Å². The molecule has 0 fully saturated rings. The predicted molar refractivity (Wildman–Crippen MR) is 96.0 cm³/mol. The molecule has 2 rings (SSSR count). The van der Waals surface area contributed by atoms with Crippen molar-refractivity contribution in [2.75, 3.05) is 13.1 Å². The minimum absolute atomic E-state index is 0.0139. The van der Waals surface area contributed by atoms with Gasteiger partial charge in [0.15, 0.2) is 0 Å². The molecule has 0 aliphatic heterocycles. The Kier molecular flexibility index (Phi) is 6.09. The highest BCUT2D eigenvalue weighted by molar-refractivity contribution is 5.78. The van der Waals surface area contributed by atoms with E-state index >= 15 is 0 Å². The molecule has 0 radical (unpaired) electrons. The van der Waals surface area contributed by atoms with E-state index in [1.807, 2.05) is 6.07 Å². The number of benzene rings is 1. The van der Waals surface area contributed by atoms with Crippen LogP contribution in [0.2, 0.25) is 0 Å². The number of hydrogen-bond donors (Lipinski definition) is 1. The molecule has 0 aliphatic rings. The molecule has 1 aromatic carbocycles. The number of rotatable bonds is 7. The lowest BCUT2D eigenvalue weighted by Crippen LogP contribution is -2.43. The highest BCUT2D eigenvalue weighted by atomic mass is 16.2. The lowest BCUT2D eigenvalue weighted by molar-refractivity contribution is -0.121. The van der Waals surface area contributed by atoms with Gasteiger partial charge in [0.25, 0.3) is 5.56 Å². The van der Waals surface area contributed by atoms with E-state index < -0.39 is 0 Å². The van der Waals surface area contributed by atoms with Crippen LogP contribution in [0, 0.1) is 0 Å². The van der Waals surface area contributed by atoms with E-state index in [2.05, 4.69) is 42.9 Å². The third-order valence-electron chi connectivity index (χ3n) is 4.06. The van der Waals surface area contributed by atoms with Crippen LogP contribution in [0.5, 0.6) is 0 Å². The monoisotopic (exact) mass is 330 g/mol. The zero-order chi connectivity index (χ0) is 17.7. The number of fused-ring (bicyclic) bond motifs is 1. The predicted octanol–water partition coefficient (Wildman–Crippen LogP) is 1.63. The van der Waals surface area contributed by atoms with Crippen molar-refractivity contribution in [3.63, 3.8) is 0 Å². The highest BCUT2D eigenvalue weighted by Gasteiger charge is 2.13. The van der Waals surface area contributed by atoms with Crippen LogP contribution in [0.4, 0.5) is 0 Å². The Hall–Kier alpha value is -2.21. The van der Waals surface area contributed by atoms with Crippen LogP contribution in [0.15, 0.2) is 35.4 Å². The van der Waals surface area contributed by atoms with Gasteiger partial charge in [-0.05, 0) is 39.8 Å². The number of aromatic nitrogens is 2. The Bertz CT molecular complexity index is 744. The molecule has 6 nitrogen and oxygen atoms in total. The molecule has 6 heteroatoms. The fourth-order valence-corrected chi connectivity index (χ4v) is 2.87. The van der Waals surface area contributed by atoms with Crippen LogP contribution < -0.4 is 10.9 Å². The van der Waals surface area contributed by atoms with Crippen molar-refractivity contribution in [2.24, 2.45) is 0 Å². The zero-order valence-electron chi connectivity index (χ0n) is 14.8. The summed E-state index contributed by atoms with van der Waals surface area (Å²) in [5.74, 6) is -0.179. The van der Waals surface area contributed by atoms with Gasteiger partial charge in [-0.25, -0.2) is 4.98 Å². The number of amides is 1. The number of nitrogens with zero attached hydrogens (tertiary/aromatic N) is 3. The zero-order valence-corrected chi connectivity index (χ0v) is 14.8. The molecule has 1 aromatic heterocycles. The van der Waals surface area contributed by atoms with E-state index in [0.717, 1.165) is 6.54 Å². The molecular weight excluding hydrogens is 304 g/mol. The van der Waals surface area contributed by atoms with Gasteiger partial charge in [-0.2, -0.15) is 0 Å². The second-order valence-corrected chi connectivity index (χ2v) is 6.47. The summed E-state index contributed by atoms with van der Waals surface area (Å²) in [6.07, 6.45) is 1.43. The van der Waals surface area contributed by atoms with Crippen LogP contribution >= 0.6 is 0 Å². The maximum Gasteiger partial charge on any atom is 0.261 e. The Morgan fingerprint density at radius 3 is 2.54 bits per heavy atom. The van der Waals surface area contributed by atoms with E-state index in [-0.39, 0.29) is 18.0 Å². The Morgan fingerprint density at radius 1 is 1.21 bits per heavy atom. The Labute approximate surface area is 142 Å². The molecule has 0 atom stereocenters. The summed E-state index contributed by atoms with van der Waals surface area (Å²) in [6, 6.07) is 7.99. The van der Waals surface area contributed by atoms with Gasteiger partial charge in [0.05, 0.1) is 17.2 Å². The molecule has 0 saturated heterocycles. The number of hydrogen-bond acceptors (Lipinski definition) is 4. The average molecular weight is 330 g/mol. The first-order chi connectivity index (χ1) is 11.4. The van der Waals surface area contributed by atoms with Crippen LogP contribution in [0.1, 0.15) is 27.7 Å². The minimum atomic E-state index is -0.193. The number of para-hydroxylation sites is 1. The third kappa shape index (κ3) is 4.41. The lowest BCUT2D eigenvalue weighted by Gasteiger charge is -2.30. The molecule has 2 aromatic rings. The molecule has 0 bridgehead atoms. The summed E-state index contributed by atoms with van der Waals surface area (Å²) in [5, 5.41) is 3.41. The third-order valence-corrected chi connectivity index (χ3v) is 4.06. The smallest absolute Gasteiger partial charge is 0.261 e. The molecule has 130 valence electrons. The summed E-state index contributed by atoms with van der Waals surface area (Å²) >= 11 is 0. The number of nitrogens with one attached hydrogen (secondary N) is 1. The molecule has 0 aliphatic carbocycles. The molecule has 0 unspecified atom stereocenters. The maximum atomic E-state index is 12.4. The Morgan fingerprint density at radius 2 is 1.88 bits per heavy atom. The molecule has 0 spiro atoms. The Balaban J connectivity index is 1.96. The second-order valence-electron chi connectivity index (χ2n) is 6.47. The van der Waals surface area contributed by atoms with E-state index in [1.165, 1.54) is 10.9 Å².